The van der Waals surface area contributed by atoms with Gasteiger partial charge in [-0.1, -0.05) is 51.4 Å². The van der Waals surface area contributed by atoms with Gasteiger partial charge in [0.25, 0.3) is 0 Å². The lowest BCUT2D eigenvalue weighted by molar-refractivity contribution is -0.137. The lowest BCUT2D eigenvalue weighted by Gasteiger charge is -2.12. The summed E-state index contributed by atoms with van der Waals surface area (Å²) in [6.07, 6.45) is 20.2. The van der Waals surface area contributed by atoms with Crippen LogP contribution in [0.4, 0.5) is 0 Å². The molecular weight excluding hydrogens is 423 g/mol. The summed E-state index contributed by atoms with van der Waals surface area (Å²) in [4.78, 5) is 31.1. The molecule has 0 saturated carbocycles. The Morgan fingerprint density at radius 2 is 0.903 bits per heavy atom. The summed E-state index contributed by atoms with van der Waals surface area (Å²) in [7, 11) is -3.99. The quantitative estimate of drug-likeness (QED) is 0.0953. The number of hydrogen-bond acceptors (Lipinski definition) is 7. The van der Waals surface area contributed by atoms with Crippen LogP contribution in [-0.4, -0.2) is 43.3 Å². The first-order valence-electron chi connectivity index (χ1n) is 10.8. The monoisotopic (exact) mass is 458 g/mol. The second-order valence-electron chi connectivity index (χ2n) is 6.94. The van der Waals surface area contributed by atoms with Crippen LogP contribution in [0.1, 0.15) is 77.0 Å². The molecule has 0 bridgehead atoms. The van der Waals surface area contributed by atoms with E-state index in [0.29, 0.717) is 26.1 Å². The van der Waals surface area contributed by atoms with Crippen LogP contribution in [0.25, 0.3) is 0 Å². The fourth-order valence-corrected chi connectivity index (χ4v) is 3.43. The van der Waals surface area contributed by atoms with Crippen molar-refractivity contribution >= 4 is 19.8 Å². The van der Waals surface area contributed by atoms with Crippen LogP contribution < -0.4 is 0 Å². The van der Waals surface area contributed by atoms with E-state index in [9.17, 15) is 19.0 Å². The van der Waals surface area contributed by atoms with Gasteiger partial charge in [-0.25, -0.2) is 14.2 Å². The maximum atomic E-state index is 11.8. The minimum atomic E-state index is -3.99. The molecule has 0 unspecified atom stereocenters. The van der Waals surface area contributed by atoms with Crippen molar-refractivity contribution in [3.05, 3.63) is 0 Å². The lowest BCUT2D eigenvalue weighted by Crippen LogP contribution is -2.02. The molecule has 0 aromatic heterocycles. The molecule has 0 rings (SSSR count). The van der Waals surface area contributed by atoms with Crippen molar-refractivity contribution in [2.24, 2.45) is 0 Å². The molecule has 0 saturated heterocycles. The average Bonchev–Trinajstić information content (AvgIpc) is 2.75. The topological polar surface area (TPSA) is 108 Å². The molecule has 0 heterocycles. The smallest absolute Gasteiger partial charge is 0.456 e. The van der Waals surface area contributed by atoms with E-state index in [1.807, 2.05) is 11.8 Å². The second-order valence-corrected chi connectivity index (χ2v) is 8.39. The Balaban J connectivity index is 3.41. The van der Waals surface area contributed by atoms with Crippen LogP contribution >= 0.6 is 7.82 Å². The fraction of sp³-hybridized carbons (Fsp3) is 0.727. The fourth-order valence-electron chi connectivity index (χ4n) is 2.63. The van der Waals surface area contributed by atoms with E-state index < -0.39 is 19.8 Å². The molecule has 0 aliphatic carbocycles. The number of phosphoric acid groups is 1. The minimum absolute atomic E-state index is 0.178. The Morgan fingerprint density at radius 3 is 1.23 bits per heavy atom. The molecule has 0 aliphatic heterocycles. The van der Waals surface area contributed by atoms with Crippen molar-refractivity contribution in [2.75, 3.05) is 26.4 Å². The van der Waals surface area contributed by atoms with Gasteiger partial charge in [0.1, 0.15) is 0 Å². The molecule has 1 N–H and O–H groups in total. The van der Waals surface area contributed by atoms with Crippen molar-refractivity contribution in [3.63, 3.8) is 0 Å². The molecule has 8 nitrogen and oxygen atoms in total. The van der Waals surface area contributed by atoms with Crippen molar-refractivity contribution in [2.45, 2.75) is 77.0 Å². The molecule has 0 aromatic rings. The van der Waals surface area contributed by atoms with Crippen molar-refractivity contribution in [1.82, 2.24) is 0 Å². The summed E-state index contributed by atoms with van der Waals surface area (Å²) in [5, 5.41) is 0. The minimum Gasteiger partial charge on any atom is -0.456 e. The van der Waals surface area contributed by atoms with E-state index in [0.717, 1.165) is 64.2 Å². The molecular formula is C22H35O8P. The average molecular weight is 458 g/mol. The summed E-state index contributed by atoms with van der Waals surface area (Å²) in [6.45, 7) is 1.03. The van der Waals surface area contributed by atoms with Gasteiger partial charge in [-0.3, -0.25) is 9.05 Å². The lowest BCUT2D eigenvalue weighted by atomic mass is 10.1. The Morgan fingerprint density at radius 1 is 0.613 bits per heavy atom. The van der Waals surface area contributed by atoms with Gasteiger partial charge in [0.2, 0.25) is 0 Å². The third-order valence-electron chi connectivity index (χ3n) is 4.29. The number of rotatable bonds is 20. The van der Waals surface area contributed by atoms with Gasteiger partial charge in [-0.05, 0) is 25.7 Å². The number of unbranched alkanes of at least 4 members (excludes halogenated alkanes) is 10. The molecule has 0 spiro atoms. The van der Waals surface area contributed by atoms with Crippen LogP contribution in [-0.2, 0) is 32.7 Å². The van der Waals surface area contributed by atoms with Crippen LogP contribution in [0.15, 0.2) is 0 Å². The van der Waals surface area contributed by atoms with Gasteiger partial charge in [0.05, 0.1) is 26.4 Å². The first-order chi connectivity index (χ1) is 14.9. The molecule has 31 heavy (non-hydrogen) atoms. The number of terminal acetylenes is 2. The van der Waals surface area contributed by atoms with E-state index in [1.165, 1.54) is 0 Å². The van der Waals surface area contributed by atoms with Crippen LogP contribution in [0.5, 0.6) is 0 Å². The number of hydrogen-bond donors (Lipinski definition) is 1. The van der Waals surface area contributed by atoms with Crippen molar-refractivity contribution < 1.29 is 37.6 Å². The maximum absolute atomic E-state index is 11.8. The number of ether oxygens (including phenoxy) is 2. The maximum Gasteiger partial charge on any atom is 0.472 e. The molecule has 9 heteroatoms. The first kappa shape index (κ1) is 29.2. The van der Waals surface area contributed by atoms with Gasteiger partial charge in [-0.2, -0.15) is 0 Å². The third-order valence-corrected chi connectivity index (χ3v) is 5.31. The number of phosphoric ester groups is 1. The van der Waals surface area contributed by atoms with E-state index >= 15 is 0 Å². The predicted molar refractivity (Wildman–Crippen MR) is 117 cm³/mol. The molecule has 0 atom stereocenters. The molecule has 176 valence electrons. The Labute approximate surface area is 186 Å². The molecule has 0 aliphatic rings. The number of carbonyl (C=O) groups is 2. The van der Waals surface area contributed by atoms with Gasteiger partial charge in [0, 0.05) is 11.8 Å². The van der Waals surface area contributed by atoms with Gasteiger partial charge < -0.3 is 14.4 Å². The zero-order valence-electron chi connectivity index (χ0n) is 18.2. The second kappa shape index (κ2) is 20.1. The predicted octanol–water partition coefficient (Wildman–Crippen LogP) is 4.15. The number of carbonyl (C=O) groups excluding carboxylic acids is 2. The van der Waals surface area contributed by atoms with E-state index in [-0.39, 0.29) is 13.2 Å². The van der Waals surface area contributed by atoms with Crippen molar-refractivity contribution in [1.29, 1.82) is 0 Å². The Hall–Kier alpha value is -1.83. The van der Waals surface area contributed by atoms with E-state index in [1.54, 1.807) is 0 Å². The van der Waals surface area contributed by atoms with Crippen molar-refractivity contribution in [3.8, 4) is 24.7 Å². The van der Waals surface area contributed by atoms with Gasteiger partial charge >= 0.3 is 19.8 Å². The molecule has 0 radical (unpaired) electrons. The summed E-state index contributed by atoms with van der Waals surface area (Å²) in [6, 6.07) is 0. The SMILES string of the molecule is C#CC(=O)OCCCCCCCCOP(=O)(O)OCCCCCCCCOC(=O)C#C. The molecule has 0 amide bonds. The van der Waals surface area contributed by atoms with Crippen LogP contribution in [0, 0.1) is 24.7 Å². The number of esters is 2. The Kier molecular flexibility index (Phi) is 18.9. The highest BCUT2D eigenvalue weighted by Crippen LogP contribution is 2.43. The largest absolute Gasteiger partial charge is 0.472 e. The zero-order chi connectivity index (χ0) is 23.2. The summed E-state index contributed by atoms with van der Waals surface area (Å²) < 4.78 is 31.3. The highest BCUT2D eigenvalue weighted by atomic mass is 31.2. The van der Waals surface area contributed by atoms with Crippen LogP contribution in [0.3, 0.4) is 0 Å². The standard InChI is InChI=1S/C22H35O8P/c1-3-21(23)27-17-13-9-5-7-11-15-19-29-31(25,26)30-20-16-12-8-6-10-14-18-28-22(24)4-2/h1-2H,5-20H2,(H,25,26). The van der Waals surface area contributed by atoms with E-state index in [2.05, 4.69) is 0 Å². The Bertz CT molecular complexity index is 570. The molecule has 0 aromatic carbocycles. The summed E-state index contributed by atoms with van der Waals surface area (Å²) in [5.74, 6) is 2.51. The summed E-state index contributed by atoms with van der Waals surface area (Å²) in [5.41, 5.74) is 0. The van der Waals surface area contributed by atoms with Crippen LogP contribution in [0.2, 0.25) is 0 Å². The molecule has 0 fully saturated rings. The highest BCUT2D eigenvalue weighted by Gasteiger charge is 2.19. The van der Waals surface area contributed by atoms with Gasteiger partial charge in [-0.15, -0.1) is 12.8 Å². The highest BCUT2D eigenvalue weighted by molar-refractivity contribution is 7.47. The third kappa shape index (κ3) is 21.2. The van der Waals surface area contributed by atoms with E-state index in [4.69, 9.17) is 31.4 Å². The zero-order valence-corrected chi connectivity index (χ0v) is 19.1. The van der Waals surface area contributed by atoms with Gasteiger partial charge in [0.15, 0.2) is 0 Å². The normalized spacial score (nSPS) is 10.8. The first-order valence-corrected chi connectivity index (χ1v) is 12.3. The summed E-state index contributed by atoms with van der Waals surface area (Å²) >= 11 is 0.